The Kier molecular flexibility index (Phi) is 7.51. The molecule has 27 heavy (non-hydrogen) atoms. The molecule has 0 atom stereocenters. The maximum Gasteiger partial charge on any atom is 0.220 e. The molecule has 0 saturated carbocycles. The summed E-state index contributed by atoms with van der Waals surface area (Å²) in [7, 11) is 5.22. The summed E-state index contributed by atoms with van der Waals surface area (Å²) in [6.45, 7) is 7.12. The maximum atomic E-state index is 11.6. The second kappa shape index (κ2) is 9.62. The molecule has 1 amide bonds. The summed E-state index contributed by atoms with van der Waals surface area (Å²) < 4.78 is 5.25. The van der Waals surface area contributed by atoms with Crippen molar-refractivity contribution < 1.29 is 9.53 Å². The molecule has 1 aromatic rings. The Bertz CT molecular complexity index is 632. The third-order valence-electron chi connectivity index (χ3n) is 5.44. The second-order valence-electron chi connectivity index (χ2n) is 7.82. The molecule has 1 saturated heterocycles. The van der Waals surface area contributed by atoms with Crippen LogP contribution in [0.15, 0.2) is 29.3 Å². The van der Waals surface area contributed by atoms with Crippen molar-refractivity contribution in [1.82, 2.24) is 15.5 Å². The van der Waals surface area contributed by atoms with Gasteiger partial charge in [0.1, 0.15) is 5.75 Å². The van der Waals surface area contributed by atoms with Gasteiger partial charge in [0.25, 0.3) is 0 Å². The molecule has 0 unspecified atom stereocenters. The average molecular weight is 375 g/mol. The van der Waals surface area contributed by atoms with E-state index in [1.54, 1.807) is 14.2 Å². The number of carbonyl (C=O) groups excluding carboxylic acids is 1. The van der Waals surface area contributed by atoms with Crippen LogP contribution in [0.5, 0.6) is 5.75 Å². The van der Waals surface area contributed by atoms with Crippen LogP contribution in [0.1, 0.15) is 38.7 Å². The van der Waals surface area contributed by atoms with Crippen LogP contribution >= 0.6 is 0 Å². The van der Waals surface area contributed by atoms with E-state index in [9.17, 15) is 4.79 Å². The predicted molar refractivity (Wildman–Crippen MR) is 110 cm³/mol. The number of hydrogen-bond donors (Lipinski definition) is 2. The topological polar surface area (TPSA) is 66.0 Å². The second-order valence-corrected chi connectivity index (χ2v) is 7.82. The maximum absolute atomic E-state index is 11.6. The molecule has 6 nitrogen and oxygen atoms in total. The van der Waals surface area contributed by atoms with Crippen molar-refractivity contribution in [2.75, 3.05) is 40.8 Å². The van der Waals surface area contributed by atoms with Gasteiger partial charge in [-0.1, -0.05) is 26.0 Å². The fraction of sp³-hybridized carbons (Fsp3) is 0.619. The predicted octanol–water partition coefficient (Wildman–Crippen LogP) is 2.40. The number of piperidine rings is 1. The zero-order chi connectivity index (χ0) is 19.9. The van der Waals surface area contributed by atoms with E-state index in [0.29, 0.717) is 12.3 Å². The Labute approximate surface area is 163 Å². The van der Waals surface area contributed by atoms with E-state index >= 15 is 0 Å². The minimum absolute atomic E-state index is 0.0280. The van der Waals surface area contributed by atoms with Crippen molar-refractivity contribution in [2.24, 2.45) is 10.9 Å². The highest BCUT2D eigenvalue weighted by molar-refractivity contribution is 5.80. The van der Waals surface area contributed by atoms with Gasteiger partial charge in [-0.25, -0.2) is 0 Å². The number of aliphatic imine (C=N–C) groups is 1. The van der Waals surface area contributed by atoms with Crippen molar-refractivity contribution in [1.29, 1.82) is 0 Å². The largest absolute Gasteiger partial charge is 0.497 e. The van der Waals surface area contributed by atoms with Gasteiger partial charge in [0.05, 0.1) is 7.11 Å². The summed E-state index contributed by atoms with van der Waals surface area (Å²) in [6, 6.07) is 8.24. The van der Waals surface area contributed by atoms with Crippen LogP contribution in [0.3, 0.4) is 0 Å². The van der Waals surface area contributed by atoms with Gasteiger partial charge < -0.3 is 20.3 Å². The van der Waals surface area contributed by atoms with Crippen LogP contribution in [0.2, 0.25) is 0 Å². The Balaban J connectivity index is 1.88. The molecule has 2 rings (SSSR count). The van der Waals surface area contributed by atoms with Gasteiger partial charge in [0.15, 0.2) is 5.96 Å². The first kappa shape index (κ1) is 21.1. The van der Waals surface area contributed by atoms with E-state index < -0.39 is 0 Å². The molecule has 0 bridgehead atoms. The van der Waals surface area contributed by atoms with Crippen LogP contribution in [0.4, 0.5) is 0 Å². The standard InChI is InChI=1S/C21H34N4O2/c1-21(2,17-6-8-18(27-5)9-7-17)15-24-20(23-4)25-12-10-16(11-13-25)14-19(26)22-3/h6-9,16H,10-15H2,1-5H3,(H,22,26)(H,23,24). The highest BCUT2D eigenvalue weighted by atomic mass is 16.5. The Morgan fingerprint density at radius 1 is 1.26 bits per heavy atom. The molecule has 1 aliphatic heterocycles. The number of likely N-dealkylation sites (tertiary alicyclic amines) is 1. The number of nitrogens with one attached hydrogen (secondary N) is 2. The number of rotatable bonds is 6. The van der Waals surface area contributed by atoms with Gasteiger partial charge in [-0.05, 0) is 36.5 Å². The van der Waals surface area contributed by atoms with Gasteiger partial charge in [-0.3, -0.25) is 9.79 Å². The molecular formula is C21H34N4O2. The third kappa shape index (κ3) is 5.88. The molecule has 6 heteroatoms. The molecule has 0 spiro atoms. The SMILES string of the molecule is CN=C(NCC(C)(C)c1ccc(OC)cc1)N1CCC(CC(=O)NC)CC1. The van der Waals surface area contributed by atoms with Crippen molar-refractivity contribution in [2.45, 2.75) is 38.5 Å². The third-order valence-corrected chi connectivity index (χ3v) is 5.44. The normalized spacial score (nSPS) is 16.2. The fourth-order valence-corrected chi connectivity index (χ4v) is 3.49. The highest BCUT2D eigenvalue weighted by Crippen LogP contribution is 2.25. The summed E-state index contributed by atoms with van der Waals surface area (Å²) in [5, 5.41) is 6.26. The number of methoxy groups -OCH3 is 1. The van der Waals surface area contributed by atoms with E-state index in [0.717, 1.165) is 44.2 Å². The summed E-state index contributed by atoms with van der Waals surface area (Å²) in [5.41, 5.74) is 1.23. The van der Waals surface area contributed by atoms with Crippen LogP contribution in [0, 0.1) is 5.92 Å². The molecule has 1 aliphatic rings. The highest BCUT2D eigenvalue weighted by Gasteiger charge is 2.25. The molecule has 1 fully saturated rings. The average Bonchev–Trinajstić information content (AvgIpc) is 2.69. The molecule has 0 radical (unpaired) electrons. The lowest BCUT2D eigenvalue weighted by molar-refractivity contribution is -0.121. The van der Waals surface area contributed by atoms with E-state index in [2.05, 4.69) is 46.5 Å². The van der Waals surface area contributed by atoms with Crippen LogP contribution in [-0.4, -0.2) is 57.6 Å². The van der Waals surface area contributed by atoms with Crippen LogP contribution in [0.25, 0.3) is 0 Å². The summed E-state index contributed by atoms with van der Waals surface area (Å²) in [6.07, 6.45) is 2.67. The van der Waals surface area contributed by atoms with Gasteiger partial charge in [0.2, 0.25) is 5.91 Å². The summed E-state index contributed by atoms with van der Waals surface area (Å²) in [4.78, 5) is 18.3. The summed E-state index contributed by atoms with van der Waals surface area (Å²) in [5.74, 6) is 2.42. The van der Waals surface area contributed by atoms with Gasteiger partial charge >= 0.3 is 0 Å². The van der Waals surface area contributed by atoms with Gasteiger partial charge in [-0.2, -0.15) is 0 Å². The Hall–Kier alpha value is -2.24. The van der Waals surface area contributed by atoms with Gasteiger partial charge in [-0.15, -0.1) is 0 Å². The first-order valence-electron chi connectivity index (χ1n) is 9.70. The minimum Gasteiger partial charge on any atom is -0.497 e. The molecular weight excluding hydrogens is 340 g/mol. The van der Waals surface area contributed by atoms with E-state index in [1.165, 1.54) is 5.56 Å². The monoisotopic (exact) mass is 374 g/mol. The number of amides is 1. The minimum atomic E-state index is -0.0280. The first-order valence-corrected chi connectivity index (χ1v) is 9.70. The first-order chi connectivity index (χ1) is 12.9. The van der Waals surface area contributed by atoms with Gasteiger partial charge in [0, 0.05) is 45.6 Å². The van der Waals surface area contributed by atoms with E-state index in [1.807, 2.05) is 19.2 Å². The fourth-order valence-electron chi connectivity index (χ4n) is 3.49. The molecule has 150 valence electrons. The molecule has 2 N–H and O–H groups in total. The van der Waals surface area contributed by atoms with Crippen LogP contribution < -0.4 is 15.4 Å². The number of guanidine groups is 1. The Morgan fingerprint density at radius 2 is 1.89 bits per heavy atom. The number of benzene rings is 1. The molecule has 0 aliphatic carbocycles. The number of hydrogen-bond acceptors (Lipinski definition) is 3. The van der Waals surface area contributed by atoms with Crippen molar-refractivity contribution in [3.8, 4) is 5.75 Å². The van der Waals surface area contributed by atoms with E-state index in [-0.39, 0.29) is 11.3 Å². The van der Waals surface area contributed by atoms with Crippen molar-refractivity contribution >= 4 is 11.9 Å². The van der Waals surface area contributed by atoms with Crippen molar-refractivity contribution in [3.63, 3.8) is 0 Å². The lowest BCUT2D eigenvalue weighted by Crippen LogP contribution is -2.48. The quantitative estimate of drug-likeness (QED) is 0.593. The zero-order valence-electron chi connectivity index (χ0n) is 17.3. The number of carbonyl (C=O) groups is 1. The van der Waals surface area contributed by atoms with E-state index in [4.69, 9.17) is 4.74 Å². The molecule has 1 aromatic carbocycles. The molecule has 1 heterocycles. The lowest BCUT2D eigenvalue weighted by Gasteiger charge is -2.35. The number of nitrogens with zero attached hydrogens (tertiary/aromatic N) is 2. The zero-order valence-corrected chi connectivity index (χ0v) is 17.3. The summed E-state index contributed by atoms with van der Waals surface area (Å²) >= 11 is 0. The molecule has 0 aromatic heterocycles. The lowest BCUT2D eigenvalue weighted by atomic mass is 9.84. The van der Waals surface area contributed by atoms with Crippen molar-refractivity contribution in [3.05, 3.63) is 29.8 Å². The smallest absolute Gasteiger partial charge is 0.220 e. The Morgan fingerprint density at radius 3 is 2.41 bits per heavy atom. The van der Waals surface area contributed by atoms with Crippen LogP contribution in [-0.2, 0) is 10.2 Å². The number of ether oxygens (including phenoxy) is 1.